The highest BCUT2D eigenvalue weighted by atomic mass is 32.2. The van der Waals surface area contributed by atoms with E-state index >= 15 is 0 Å². The summed E-state index contributed by atoms with van der Waals surface area (Å²) in [5.74, 6) is 0.663. The molecule has 0 saturated carbocycles. The van der Waals surface area contributed by atoms with E-state index in [4.69, 9.17) is 4.74 Å². The number of hydrogen-bond donors (Lipinski definition) is 1. The normalized spacial score (nSPS) is 11.8. The molecule has 0 spiro atoms. The maximum absolute atomic E-state index is 13.3. The van der Waals surface area contributed by atoms with Crippen LogP contribution in [0.2, 0.25) is 0 Å². The van der Waals surface area contributed by atoms with Crippen LogP contribution in [-0.4, -0.2) is 35.0 Å². The van der Waals surface area contributed by atoms with Crippen LogP contribution in [0.1, 0.15) is 5.69 Å². The van der Waals surface area contributed by atoms with Crippen LogP contribution < -0.4 is 14.4 Å². The van der Waals surface area contributed by atoms with Crippen LogP contribution in [0.3, 0.4) is 0 Å². The first-order chi connectivity index (χ1) is 15.5. The number of nitrogens with one attached hydrogen (secondary N) is 1. The van der Waals surface area contributed by atoms with Crippen LogP contribution in [0.25, 0.3) is 16.8 Å². The quantitative estimate of drug-likeness (QED) is 0.431. The number of hydrogen-bond acceptors (Lipinski definition) is 4. The molecule has 0 saturated heterocycles. The first-order valence-corrected chi connectivity index (χ1v) is 11.4. The molecule has 6 nitrogen and oxygen atoms in total. The van der Waals surface area contributed by atoms with Crippen LogP contribution in [0, 0.1) is 6.92 Å². The fraction of sp³-hybridized carbons (Fsp3) is 0.160. The Morgan fingerprint density at radius 1 is 1.03 bits per heavy atom. The second-order valence-electron chi connectivity index (χ2n) is 7.62. The molecule has 0 fully saturated rings. The van der Waals surface area contributed by atoms with Crippen molar-refractivity contribution in [2.75, 3.05) is 30.8 Å². The summed E-state index contributed by atoms with van der Waals surface area (Å²) < 4.78 is 23.9. The summed E-state index contributed by atoms with van der Waals surface area (Å²) in [5.41, 5.74) is 5.53. The Morgan fingerprint density at radius 2 is 1.84 bits per heavy atom. The molecular weight excluding hydrogens is 420 g/mol. The van der Waals surface area contributed by atoms with Gasteiger partial charge in [-0.25, -0.2) is 9.19 Å². The standard InChI is InChI=1S/C25H26N4O2S/c1-18-16-29(17-26-18)23-13-12-20(15-24(23)31-4)27-32(30)25-11-6-5-10-22(25)19-8-7-9-21(14-19)28(2)3/h5-17,27H,1-4H3. The van der Waals surface area contributed by atoms with Crippen LogP contribution >= 0.6 is 0 Å². The van der Waals surface area contributed by atoms with E-state index < -0.39 is 11.0 Å². The number of aromatic nitrogens is 2. The molecule has 1 unspecified atom stereocenters. The van der Waals surface area contributed by atoms with Crippen LogP contribution in [0.15, 0.2) is 84.1 Å². The summed E-state index contributed by atoms with van der Waals surface area (Å²) >= 11 is 0. The zero-order chi connectivity index (χ0) is 22.7. The molecule has 0 aliphatic rings. The molecule has 1 aromatic heterocycles. The summed E-state index contributed by atoms with van der Waals surface area (Å²) in [6.07, 6.45) is 3.68. The third-order valence-corrected chi connectivity index (χ3v) is 6.32. The first kappa shape index (κ1) is 21.6. The van der Waals surface area contributed by atoms with Gasteiger partial charge in [0.2, 0.25) is 0 Å². The Labute approximate surface area is 191 Å². The number of anilines is 2. The van der Waals surface area contributed by atoms with Crippen molar-refractivity contribution in [1.82, 2.24) is 9.55 Å². The minimum Gasteiger partial charge on any atom is -0.494 e. The highest BCUT2D eigenvalue weighted by molar-refractivity contribution is 7.86. The van der Waals surface area contributed by atoms with Crippen molar-refractivity contribution in [2.45, 2.75) is 11.8 Å². The van der Waals surface area contributed by atoms with Crippen molar-refractivity contribution in [1.29, 1.82) is 0 Å². The van der Waals surface area contributed by atoms with E-state index in [2.05, 4.69) is 26.7 Å². The van der Waals surface area contributed by atoms with Crippen molar-refractivity contribution in [3.05, 3.63) is 84.9 Å². The lowest BCUT2D eigenvalue weighted by Gasteiger charge is -2.16. The van der Waals surface area contributed by atoms with Gasteiger partial charge in [-0.05, 0) is 48.4 Å². The third kappa shape index (κ3) is 4.53. The van der Waals surface area contributed by atoms with Crippen LogP contribution in [-0.2, 0) is 11.0 Å². The minimum absolute atomic E-state index is 0.663. The molecule has 32 heavy (non-hydrogen) atoms. The third-order valence-electron chi connectivity index (χ3n) is 5.14. The number of methoxy groups -OCH3 is 1. The van der Waals surface area contributed by atoms with E-state index in [0.717, 1.165) is 33.1 Å². The van der Waals surface area contributed by atoms with E-state index in [1.165, 1.54) is 0 Å². The first-order valence-electron chi connectivity index (χ1n) is 10.2. The molecule has 0 radical (unpaired) electrons. The Hall–Kier alpha value is -3.58. The minimum atomic E-state index is -1.46. The zero-order valence-electron chi connectivity index (χ0n) is 18.6. The highest BCUT2D eigenvalue weighted by Crippen LogP contribution is 2.31. The second kappa shape index (κ2) is 9.28. The Morgan fingerprint density at radius 3 is 2.56 bits per heavy atom. The van der Waals surface area contributed by atoms with Gasteiger partial charge in [-0.15, -0.1) is 0 Å². The van der Waals surface area contributed by atoms with Gasteiger partial charge >= 0.3 is 0 Å². The predicted octanol–water partition coefficient (Wildman–Crippen LogP) is 5.06. The summed E-state index contributed by atoms with van der Waals surface area (Å²) in [4.78, 5) is 7.05. The number of benzene rings is 3. The van der Waals surface area contributed by atoms with Gasteiger partial charge in [-0.3, -0.25) is 0 Å². The van der Waals surface area contributed by atoms with E-state index in [-0.39, 0.29) is 0 Å². The maximum Gasteiger partial charge on any atom is 0.150 e. The molecule has 0 bridgehead atoms. The lowest BCUT2D eigenvalue weighted by atomic mass is 10.0. The van der Waals surface area contributed by atoms with E-state index in [9.17, 15) is 4.21 Å². The fourth-order valence-corrected chi connectivity index (χ4v) is 4.53. The molecule has 0 aliphatic carbocycles. The fourth-order valence-electron chi connectivity index (χ4n) is 3.49. The Bertz CT molecular complexity index is 1270. The summed E-state index contributed by atoms with van der Waals surface area (Å²) in [5, 5.41) is 0. The average Bonchev–Trinajstić information content (AvgIpc) is 3.25. The molecule has 4 aromatic rings. The molecule has 4 rings (SSSR count). The number of aryl methyl sites for hydroxylation is 1. The van der Waals surface area contributed by atoms with Gasteiger partial charge in [0.25, 0.3) is 0 Å². The Balaban J connectivity index is 1.63. The SMILES string of the molecule is COc1cc(NS(=O)c2ccccc2-c2cccc(N(C)C)c2)ccc1-n1cnc(C)c1. The van der Waals surface area contributed by atoms with Crippen molar-refractivity contribution in [3.63, 3.8) is 0 Å². The van der Waals surface area contributed by atoms with Crippen molar-refractivity contribution < 1.29 is 8.95 Å². The van der Waals surface area contributed by atoms with Gasteiger partial charge < -0.3 is 18.9 Å². The van der Waals surface area contributed by atoms with Crippen LogP contribution in [0.5, 0.6) is 5.75 Å². The molecule has 1 atom stereocenters. The largest absolute Gasteiger partial charge is 0.494 e. The average molecular weight is 447 g/mol. The molecule has 0 aliphatic heterocycles. The van der Waals surface area contributed by atoms with Crippen molar-refractivity contribution in [2.24, 2.45) is 0 Å². The van der Waals surface area contributed by atoms with Gasteiger partial charge in [0, 0.05) is 32.0 Å². The van der Waals surface area contributed by atoms with Gasteiger partial charge in [0.15, 0.2) is 11.0 Å². The molecule has 7 heteroatoms. The predicted molar refractivity (Wildman–Crippen MR) is 131 cm³/mol. The number of imidazole rings is 1. The lowest BCUT2D eigenvalue weighted by Crippen LogP contribution is -2.09. The molecular formula is C25H26N4O2S. The van der Waals surface area contributed by atoms with Gasteiger partial charge in [0.1, 0.15) is 5.75 Å². The lowest BCUT2D eigenvalue weighted by molar-refractivity contribution is 0.413. The summed E-state index contributed by atoms with van der Waals surface area (Å²) in [6, 6.07) is 21.6. The summed E-state index contributed by atoms with van der Waals surface area (Å²) in [7, 11) is 4.18. The number of nitrogens with zero attached hydrogens (tertiary/aromatic N) is 3. The van der Waals surface area contributed by atoms with E-state index in [1.54, 1.807) is 13.4 Å². The van der Waals surface area contributed by atoms with Crippen LogP contribution in [0.4, 0.5) is 11.4 Å². The molecule has 1 heterocycles. The van der Waals surface area contributed by atoms with E-state index in [0.29, 0.717) is 11.4 Å². The molecule has 3 aromatic carbocycles. The molecule has 1 N–H and O–H groups in total. The van der Waals surface area contributed by atoms with Gasteiger partial charge in [0.05, 0.1) is 35.4 Å². The number of rotatable bonds is 7. The summed E-state index contributed by atoms with van der Waals surface area (Å²) in [6.45, 7) is 1.94. The van der Waals surface area contributed by atoms with Gasteiger partial charge in [-0.2, -0.15) is 0 Å². The maximum atomic E-state index is 13.3. The zero-order valence-corrected chi connectivity index (χ0v) is 19.4. The number of ether oxygens (including phenoxy) is 1. The molecule has 164 valence electrons. The molecule has 0 amide bonds. The Kier molecular flexibility index (Phi) is 6.28. The van der Waals surface area contributed by atoms with Gasteiger partial charge in [-0.1, -0.05) is 30.3 Å². The van der Waals surface area contributed by atoms with Crippen molar-refractivity contribution in [3.8, 4) is 22.6 Å². The monoisotopic (exact) mass is 446 g/mol. The second-order valence-corrected chi connectivity index (χ2v) is 8.80. The highest BCUT2D eigenvalue weighted by Gasteiger charge is 2.14. The smallest absolute Gasteiger partial charge is 0.150 e. The van der Waals surface area contributed by atoms with E-state index in [1.807, 2.05) is 86.4 Å². The topological polar surface area (TPSA) is 59.4 Å². The van der Waals surface area contributed by atoms with Crippen molar-refractivity contribution >= 4 is 22.4 Å².